The minimum absolute atomic E-state index is 0.654. The van der Waals surface area contributed by atoms with Gasteiger partial charge in [0.15, 0.2) is 0 Å². The number of carbonyl (C=O) groups is 2. The molecule has 0 aliphatic heterocycles. The topological polar surface area (TPSA) is 75.6 Å². The molecule has 2 N–H and O–H groups in total. The number of aliphatic carboxylic acids is 1. The van der Waals surface area contributed by atoms with Crippen molar-refractivity contribution in [3.05, 3.63) is 11.9 Å². The van der Waals surface area contributed by atoms with Gasteiger partial charge in [-0.1, -0.05) is 0 Å². The van der Waals surface area contributed by atoms with Crippen LogP contribution in [-0.4, -0.2) is 28.8 Å². The van der Waals surface area contributed by atoms with E-state index in [0.717, 1.165) is 6.08 Å². The minimum atomic E-state index is -1.67. The first-order valence-corrected chi connectivity index (χ1v) is 4.72. The van der Waals surface area contributed by atoms with Gasteiger partial charge in [0.05, 0.1) is 6.04 Å². The van der Waals surface area contributed by atoms with Crippen LogP contribution >= 0.6 is 0 Å². The van der Waals surface area contributed by atoms with Crippen molar-refractivity contribution < 1.29 is 23.8 Å². The molecule has 92 valence electrons. The average molecular weight is 233 g/mol. The lowest BCUT2D eigenvalue weighted by Gasteiger charge is -2.20. The van der Waals surface area contributed by atoms with Crippen molar-refractivity contribution in [1.29, 1.82) is 0 Å². The zero-order valence-electron chi connectivity index (χ0n) is 9.70. The Balaban J connectivity index is 4.26. The van der Waals surface area contributed by atoms with E-state index >= 15 is 0 Å². The van der Waals surface area contributed by atoms with Gasteiger partial charge in [0.1, 0.15) is 5.60 Å². The fourth-order valence-electron chi connectivity index (χ4n) is 0.826. The second-order valence-electron chi connectivity index (χ2n) is 4.25. The molecule has 1 amide bonds. The molecule has 0 unspecified atom stereocenters. The van der Waals surface area contributed by atoms with E-state index in [0.29, 0.717) is 0 Å². The largest absolute Gasteiger partial charge is 0.476 e. The van der Waals surface area contributed by atoms with Crippen LogP contribution in [0.4, 0.5) is 9.18 Å². The molecule has 0 spiro atoms. The maximum absolute atomic E-state index is 12.6. The smallest absolute Gasteiger partial charge is 0.408 e. The molecule has 0 aliphatic carbocycles. The summed E-state index contributed by atoms with van der Waals surface area (Å²) < 4.78 is 17.5. The first-order valence-electron chi connectivity index (χ1n) is 4.72. The summed E-state index contributed by atoms with van der Waals surface area (Å²) >= 11 is 0. The Morgan fingerprint density at radius 1 is 1.44 bits per heavy atom. The number of nitrogens with one attached hydrogen (secondary N) is 1. The standard InChI is InChI=1S/C10H16FNO4/c1-6(5-7(11)8(13)14)12-9(15)16-10(2,3)4/h5-6H,1-4H3,(H,12,15)(H,13,14)/b7-5+/t6-/m0/s1. The Kier molecular flexibility index (Phi) is 4.94. The van der Waals surface area contributed by atoms with Crippen LogP contribution in [-0.2, 0) is 9.53 Å². The fourth-order valence-corrected chi connectivity index (χ4v) is 0.826. The number of halogens is 1. The molecular weight excluding hydrogens is 217 g/mol. The molecule has 0 aromatic carbocycles. The summed E-state index contributed by atoms with van der Waals surface area (Å²) in [6.45, 7) is 6.49. The molecule has 16 heavy (non-hydrogen) atoms. The number of hydrogen-bond acceptors (Lipinski definition) is 3. The molecule has 0 rings (SSSR count). The Morgan fingerprint density at radius 2 is 1.94 bits per heavy atom. The third-order valence-electron chi connectivity index (χ3n) is 1.35. The summed E-state index contributed by atoms with van der Waals surface area (Å²) in [6.07, 6.45) is 0.0566. The van der Waals surface area contributed by atoms with Crippen LogP contribution in [0.2, 0.25) is 0 Å². The van der Waals surface area contributed by atoms with Crippen LogP contribution in [0.5, 0.6) is 0 Å². The molecule has 0 radical (unpaired) electrons. The molecule has 6 heteroatoms. The number of ether oxygens (including phenoxy) is 1. The Bertz CT molecular complexity index is 306. The van der Waals surface area contributed by atoms with Crippen molar-refractivity contribution >= 4 is 12.1 Å². The maximum atomic E-state index is 12.6. The van der Waals surface area contributed by atoms with Crippen molar-refractivity contribution in [2.75, 3.05) is 0 Å². The molecule has 0 bridgehead atoms. The molecule has 0 aromatic rings. The van der Waals surface area contributed by atoms with Crippen LogP contribution in [0.1, 0.15) is 27.7 Å². The first-order chi connectivity index (χ1) is 7.11. The van der Waals surface area contributed by atoms with Crippen molar-refractivity contribution in [1.82, 2.24) is 5.32 Å². The zero-order valence-corrected chi connectivity index (χ0v) is 9.70. The number of hydrogen-bond donors (Lipinski definition) is 2. The average Bonchev–Trinajstić information content (AvgIpc) is 1.98. The molecule has 0 saturated carbocycles. The first kappa shape index (κ1) is 14.4. The summed E-state index contributed by atoms with van der Waals surface area (Å²) in [5.74, 6) is -2.98. The highest BCUT2D eigenvalue weighted by Gasteiger charge is 2.17. The summed E-state index contributed by atoms with van der Waals surface area (Å²) in [5, 5.41) is 10.5. The number of carbonyl (C=O) groups excluding carboxylic acids is 1. The normalized spacial score (nSPS) is 14.2. The zero-order chi connectivity index (χ0) is 12.9. The Labute approximate surface area is 93.3 Å². The van der Waals surface area contributed by atoms with Gasteiger partial charge in [-0.25, -0.2) is 9.59 Å². The fraction of sp³-hybridized carbons (Fsp3) is 0.600. The van der Waals surface area contributed by atoms with Gasteiger partial charge < -0.3 is 15.2 Å². The lowest BCUT2D eigenvalue weighted by Crippen LogP contribution is -2.37. The maximum Gasteiger partial charge on any atom is 0.408 e. The molecule has 0 saturated heterocycles. The van der Waals surface area contributed by atoms with E-state index in [1.54, 1.807) is 20.8 Å². The number of alkyl carbamates (subject to hydrolysis) is 1. The minimum Gasteiger partial charge on any atom is -0.476 e. The van der Waals surface area contributed by atoms with Gasteiger partial charge in [-0.05, 0) is 33.8 Å². The summed E-state index contributed by atoms with van der Waals surface area (Å²) in [5.41, 5.74) is -0.654. The van der Waals surface area contributed by atoms with Gasteiger partial charge in [0, 0.05) is 0 Å². The molecule has 0 aromatic heterocycles. The number of rotatable bonds is 3. The van der Waals surface area contributed by atoms with E-state index < -0.39 is 29.5 Å². The highest BCUT2D eigenvalue weighted by molar-refractivity contribution is 5.84. The van der Waals surface area contributed by atoms with Crippen LogP contribution in [0.3, 0.4) is 0 Å². The van der Waals surface area contributed by atoms with Gasteiger partial charge in [-0.15, -0.1) is 0 Å². The van der Waals surface area contributed by atoms with Crippen LogP contribution in [0, 0.1) is 0 Å². The van der Waals surface area contributed by atoms with Crippen LogP contribution in [0.25, 0.3) is 0 Å². The number of carboxylic acids is 1. The predicted molar refractivity (Wildman–Crippen MR) is 55.7 cm³/mol. The van der Waals surface area contributed by atoms with E-state index in [1.807, 2.05) is 0 Å². The predicted octanol–water partition coefficient (Wildman–Crippen LogP) is 1.84. The van der Waals surface area contributed by atoms with Crippen LogP contribution in [0.15, 0.2) is 11.9 Å². The SMILES string of the molecule is C[C@@H](/C=C(/F)C(=O)O)NC(=O)OC(C)(C)C. The highest BCUT2D eigenvalue weighted by Crippen LogP contribution is 2.07. The molecule has 0 heterocycles. The summed E-state index contributed by atoms with van der Waals surface area (Å²) in [7, 11) is 0. The van der Waals surface area contributed by atoms with E-state index in [1.165, 1.54) is 6.92 Å². The second kappa shape index (κ2) is 5.48. The number of amides is 1. The van der Waals surface area contributed by atoms with Crippen molar-refractivity contribution in [2.24, 2.45) is 0 Å². The monoisotopic (exact) mass is 233 g/mol. The molecule has 0 fully saturated rings. The van der Waals surface area contributed by atoms with Gasteiger partial charge in [-0.2, -0.15) is 4.39 Å². The summed E-state index contributed by atoms with van der Waals surface area (Å²) in [6, 6.07) is -0.758. The lowest BCUT2D eigenvalue weighted by molar-refractivity contribution is -0.134. The Hall–Kier alpha value is -1.59. The molecule has 1 atom stereocenters. The number of carboxylic acid groups (broad SMARTS) is 1. The van der Waals surface area contributed by atoms with Crippen molar-refractivity contribution in [3.8, 4) is 0 Å². The third kappa shape index (κ3) is 6.80. The highest BCUT2D eigenvalue weighted by atomic mass is 19.1. The second-order valence-corrected chi connectivity index (χ2v) is 4.25. The van der Waals surface area contributed by atoms with E-state index in [4.69, 9.17) is 9.84 Å². The summed E-state index contributed by atoms with van der Waals surface area (Å²) in [4.78, 5) is 21.4. The van der Waals surface area contributed by atoms with Crippen molar-refractivity contribution in [2.45, 2.75) is 39.3 Å². The van der Waals surface area contributed by atoms with E-state index in [9.17, 15) is 14.0 Å². The van der Waals surface area contributed by atoms with Gasteiger partial charge in [-0.3, -0.25) is 0 Å². The van der Waals surface area contributed by atoms with Gasteiger partial charge in [0.2, 0.25) is 5.83 Å². The van der Waals surface area contributed by atoms with Crippen LogP contribution < -0.4 is 5.32 Å². The van der Waals surface area contributed by atoms with Gasteiger partial charge >= 0.3 is 12.1 Å². The molecular formula is C10H16FNO4. The van der Waals surface area contributed by atoms with Crippen molar-refractivity contribution in [3.63, 3.8) is 0 Å². The quantitative estimate of drug-likeness (QED) is 0.729. The molecule has 0 aliphatic rings. The van der Waals surface area contributed by atoms with E-state index in [-0.39, 0.29) is 0 Å². The van der Waals surface area contributed by atoms with Gasteiger partial charge in [0.25, 0.3) is 0 Å². The third-order valence-corrected chi connectivity index (χ3v) is 1.35. The van der Waals surface area contributed by atoms with E-state index in [2.05, 4.69) is 5.32 Å². The lowest BCUT2D eigenvalue weighted by atomic mass is 10.2. The molecule has 5 nitrogen and oxygen atoms in total. The Morgan fingerprint density at radius 3 is 2.31 bits per heavy atom.